The second kappa shape index (κ2) is 7.59. The molecule has 0 aromatic heterocycles. The molecule has 33 heavy (non-hydrogen) atoms. The van der Waals surface area contributed by atoms with Crippen LogP contribution in [0.4, 0.5) is 5.69 Å². The number of anilines is 1. The van der Waals surface area contributed by atoms with Gasteiger partial charge in [0.05, 0.1) is 24.6 Å². The van der Waals surface area contributed by atoms with Crippen LogP contribution in [0.5, 0.6) is 5.75 Å². The molecule has 2 bridgehead atoms. The van der Waals surface area contributed by atoms with Crippen molar-refractivity contribution in [1.29, 1.82) is 0 Å². The first-order chi connectivity index (χ1) is 16.2. The summed E-state index contributed by atoms with van der Waals surface area (Å²) in [4.78, 5) is 28.7. The van der Waals surface area contributed by atoms with Crippen molar-refractivity contribution >= 4 is 23.1 Å². The smallest absolute Gasteiger partial charge is 0.238 e. The lowest BCUT2D eigenvalue weighted by Crippen LogP contribution is -2.33. The van der Waals surface area contributed by atoms with Crippen LogP contribution in [0.25, 0.3) is 5.57 Å². The van der Waals surface area contributed by atoms with Crippen LogP contribution in [0.15, 0.2) is 103 Å². The monoisotopic (exact) mass is 433 g/mol. The maximum atomic E-state index is 13.7. The molecule has 6 rings (SSSR count). The normalized spacial score (nSPS) is 25.0. The van der Waals surface area contributed by atoms with Crippen LogP contribution in [0.3, 0.4) is 0 Å². The molecular weight excluding hydrogens is 410 g/mol. The molecule has 1 heterocycles. The fourth-order valence-corrected chi connectivity index (χ4v) is 5.86. The van der Waals surface area contributed by atoms with Gasteiger partial charge >= 0.3 is 0 Å². The third-order valence-corrected chi connectivity index (χ3v) is 7.16. The Kier molecular flexibility index (Phi) is 4.54. The van der Waals surface area contributed by atoms with E-state index in [4.69, 9.17) is 4.74 Å². The Bertz CT molecular complexity index is 1230. The summed E-state index contributed by atoms with van der Waals surface area (Å²) in [5, 5.41) is 0. The molecule has 1 aliphatic heterocycles. The first-order valence-corrected chi connectivity index (χ1v) is 11.2. The molecule has 2 aliphatic carbocycles. The summed E-state index contributed by atoms with van der Waals surface area (Å²) in [5.41, 5.74) is 5.07. The number of rotatable bonds is 4. The highest BCUT2D eigenvalue weighted by molar-refractivity contribution is 6.24. The van der Waals surface area contributed by atoms with Crippen molar-refractivity contribution < 1.29 is 14.3 Å². The molecule has 4 nitrogen and oxygen atoms in total. The molecule has 0 unspecified atom stereocenters. The van der Waals surface area contributed by atoms with E-state index in [1.165, 1.54) is 10.5 Å². The predicted octanol–water partition coefficient (Wildman–Crippen LogP) is 5.12. The molecule has 0 N–H and O–H groups in total. The Labute approximate surface area is 192 Å². The summed E-state index contributed by atoms with van der Waals surface area (Å²) < 4.78 is 5.45. The topological polar surface area (TPSA) is 46.6 Å². The van der Waals surface area contributed by atoms with Gasteiger partial charge in [-0.15, -0.1) is 0 Å². The van der Waals surface area contributed by atoms with Gasteiger partial charge in [0.15, 0.2) is 0 Å². The molecule has 4 heteroatoms. The maximum absolute atomic E-state index is 13.7. The van der Waals surface area contributed by atoms with Gasteiger partial charge in [0.25, 0.3) is 0 Å². The molecule has 4 atom stereocenters. The van der Waals surface area contributed by atoms with Gasteiger partial charge < -0.3 is 4.74 Å². The van der Waals surface area contributed by atoms with Gasteiger partial charge in [-0.3, -0.25) is 9.59 Å². The molecule has 1 saturated carbocycles. The summed E-state index contributed by atoms with van der Waals surface area (Å²) in [6.45, 7) is 0. The predicted molar refractivity (Wildman–Crippen MR) is 127 cm³/mol. The first kappa shape index (κ1) is 19.7. The lowest BCUT2D eigenvalue weighted by atomic mass is 9.85. The number of ether oxygens (including phenoxy) is 1. The van der Waals surface area contributed by atoms with E-state index in [1.807, 2.05) is 48.5 Å². The second-order valence-electron chi connectivity index (χ2n) is 8.73. The molecule has 2 fully saturated rings. The molecule has 2 amide bonds. The largest absolute Gasteiger partial charge is 0.495 e. The minimum Gasteiger partial charge on any atom is -0.495 e. The third-order valence-electron chi connectivity index (χ3n) is 7.16. The van der Waals surface area contributed by atoms with Crippen molar-refractivity contribution in [2.45, 2.75) is 0 Å². The van der Waals surface area contributed by atoms with Gasteiger partial charge in [-0.25, -0.2) is 4.90 Å². The highest BCUT2D eigenvalue weighted by Crippen LogP contribution is 2.59. The van der Waals surface area contributed by atoms with E-state index in [-0.39, 0.29) is 35.5 Å². The van der Waals surface area contributed by atoms with Crippen molar-refractivity contribution in [3.63, 3.8) is 0 Å². The van der Waals surface area contributed by atoms with Crippen LogP contribution in [0, 0.1) is 23.7 Å². The number of carbonyl (C=O) groups is 2. The van der Waals surface area contributed by atoms with E-state index in [9.17, 15) is 9.59 Å². The molecule has 3 aromatic carbocycles. The highest BCUT2D eigenvalue weighted by atomic mass is 16.5. The Morgan fingerprint density at radius 1 is 0.697 bits per heavy atom. The van der Waals surface area contributed by atoms with Gasteiger partial charge in [0, 0.05) is 11.8 Å². The molecule has 0 spiro atoms. The molecule has 162 valence electrons. The van der Waals surface area contributed by atoms with E-state index in [1.54, 1.807) is 19.2 Å². The third kappa shape index (κ3) is 2.83. The summed E-state index contributed by atoms with van der Waals surface area (Å²) in [6.07, 6.45) is 4.26. The van der Waals surface area contributed by atoms with Crippen molar-refractivity contribution in [2.75, 3.05) is 12.0 Å². The standard InChI is InChI=1S/C29H23NO3/c1-33-23-15-9-8-14-22(23)30-28(31)26-20-16-17-21(27(26)29(30)32)25(20)24(18-10-4-2-5-11-18)19-12-6-3-7-13-19/h2-17,20-21,26-27H,1H3/t20-,21+,26+,27-. The van der Waals surface area contributed by atoms with Crippen LogP contribution < -0.4 is 9.64 Å². The molecule has 1 saturated heterocycles. The number of methoxy groups -OCH3 is 1. The minimum absolute atomic E-state index is 0.0911. The average Bonchev–Trinajstić information content (AvgIpc) is 3.50. The van der Waals surface area contributed by atoms with Crippen LogP contribution >= 0.6 is 0 Å². The fourth-order valence-electron chi connectivity index (χ4n) is 5.86. The fraction of sp³-hybridized carbons (Fsp3) is 0.172. The number of nitrogens with zero attached hydrogens (tertiary/aromatic N) is 1. The molecule has 3 aliphatic rings. The van der Waals surface area contributed by atoms with Gasteiger partial charge in [0.1, 0.15) is 5.75 Å². The quantitative estimate of drug-likeness (QED) is 0.424. The van der Waals surface area contributed by atoms with Crippen molar-refractivity contribution in [3.05, 3.63) is 114 Å². The Morgan fingerprint density at radius 3 is 1.70 bits per heavy atom. The first-order valence-electron chi connectivity index (χ1n) is 11.2. The van der Waals surface area contributed by atoms with Gasteiger partial charge in [0.2, 0.25) is 11.8 Å². The van der Waals surface area contributed by atoms with Gasteiger partial charge in [-0.2, -0.15) is 0 Å². The number of fused-ring (bicyclic) bond motifs is 5. The van der Waals surface area contributed by atoms with E-state index >= 15 is 0 Å². The van der Waals surface area contributed by atoms with Crippen LogP contribution in [-0.2, 0) is 9.59 Å². The van der Waals surface area contributed by atoms with Gasteiger partial charge in [-0.05, 0) is 34.4 Å². The maximum Gasteiger partial charge on any atom is 0.238 e. The van der Waals surface area contributed by atoms with Gasteiger partial charge in [-0.1, -0.05) is 84.9 Å². The average molecular weight is 434 g/mol. The summed E-state index contributed by atoms with van der Waals surface area (Å²) >= 11 is 0. The SMILES string of the molecule is COc1ccccc1N1C(=O)[C@@H]2[C@H](C1=O)[C@H]1C=C[C@@H]2C1=C(c1ccccc1)c1ccccc1. The van der Waals surface area contributed by atoms with Crippen molar-refractivity contribution in [3.8, 4) is 5.75 Å². The highest BCUT2D eigenvalue weighted by Gasteiger charge is 2.62. The zero-order chi connectivity index (χ0) is 22.5. The summed E-state index contributed by atoms with van der Waals surface area (Å²) in [7, 11) is 1.56. The minimum atomic E-state index is -0.380. The summed E-state index contributed by atoms with van der Waals surface area (Å²) in [6, 6.07) is 27.8. The number of para-hydroxylation sites is 2. The van der Waals surface area contributed by atoms with Crippen LogP contribution in [0.1, 0.15) is 11.1 Å². The zero-order valence-electron chi connectivity index (χ0n) is 18.2. The molecular formula is C29H23NO3. The van der Waals surface area contributed by atoms with Crippen molar-refractivity contribution in [1.82, 2.24) is 0 Å². The molecule has 3 aromatic rings. The zero-order valence-corrected chi connectivity index (χ0v) is 18.2. The number of hydrogen-bond donors (Lipinski definition) is 0. The number of carbonyl (C=O) groups excluding carboxylic acids is 2. The van der Waals surface area contributed by atoms with E-state index < -0.39 is 0 Å². The number of benzene rings is 3. The Hall–Kier alpha value is -3.92. The van der Waals surface area contributed by atoms with E-state index in [0.717, 1.165) is 16.7 Å². The van der Waals surface area contributed by atoms with E-state index in [0.29, 0.717) is 11.4 Å². The van der Waals surface area contributed by atoms with E-state index in [2.05, 4.69) is 36.4 Å². The second-order valence-corrected chi connectivity index (χ2v) is 8.73. The van der Waals surface area contributed by atoms with Crippen molar-refractivity contribution in [2.24, 2.45) is 23.7 Å². The van der Waals surface area contributed by atoms with Crippen LogP contribution in [0.2, 0.25) is 0 Å². The Morgan fingerprint density at radius 2 is 1.18 bits per heavy atom. The Balaban J connectivity index is 1.49. The summed E-state index contributed by atoms with van der Waals surface area (Å²) in [5.74, 6) is -0.680. The molecule has 0 radical (unpaired) electrons. The lowest BCUT2D eigenvalue weighted by Gasteiger charge is -2.22. The lowest BCUT2D eigenvalue weighted by molar-refractivity contribution is -0.123. The number of imide groups is 1. The number of allylic oxidation sites excluding steroid dienone is 3. The number of amides is 2. The van der Waals surface area contributed by atoms with Crippen LogP contribution in [-0.4, -0.2) is 18.9 Å². The number of hydrogen-bond acceptors (Lipinski definition) is 3.